The number of rotatable bonds is 2. The van der Waals surface area contributed by atoms with Crippen molar-refractivity contribution in [3.8, 4) is 0 Å². The highest BCUT2D eigenvalue weighted by atomic mass is 35.5. The molecule has 0 aliphatic heterocycles. The summed E-state index contributed by atoms with van der Waals surface area (Å²) in [6, 6.07) is 3.24. The van der Waals surface area contributed by atoms with Crippen LogP contribution in [0.25, 0.3) is 0 Å². The molecule has 1 amide bonds. The standard InChI is InChI=1S/C14H16ClF3N2O/c15-9-4-5-11(10(8-9)14(16,17)18)20-12(21)13(19)6-2-1-3-7-13/h4-5,8H,1-3,6-7,19H2,(H,20,21). The van der Waals surface area contributed by atoms with Crippen molar-refractivity contribution in [2.75, 3.05) is 5.32 Å². The number of alkyl halides is 3. The Balaban J connectivity index is 2.25. The summed E-state index contributed by atoms with van der Waals surface area (Å²) in [7, 11) is 0. The van der Waals surface area contributed by atoms with Crippen LogP contribution in [0.1, 0.15) is 37.7 Å². The summed E-state index contributed by atoms with van der Waals surface area (Å²) in [6.07, 6.45) is -1.04. The zero-order valence-electron chi connectivity index (χ0n) is 11.3. The van der Waals surface area contributed by atoms with Crippen molar-refractivity contribution in [1.82, 2.24) is 0 Å². The molecule has 0 saturated heterocycles. The Morgan fingerprint density at radius 1 is 1.24 bits per heavy atom. The Morgan fingerprint density at radius 3 is 2.43 bits per heavy atom. The maximum absolute atomic E-state index is 13.0. The van der Waals surface area contributed by atoms with Gasteiger partial charge in [0, 0.05) is 5.02 Å². The predicted octanol–water partition coefficient (Wildman–Crippen LogP) is 3.96. The molecule has 1 fully saturated rings. The van der Waals surface area contributed by atoms with Gasteiger partial charge in [-0.3, -0.25) is 4.79 Å². The first kappa shape index (κ1) is 16.1. The number of amides is 1. The van der Waals surface area contributed by atoms with Gasteiger partial charge in [-0.05, 0) is 31.0 Å². The number of nitrogens with one attached hydrogen (secondary N) is 1. The number of benzene rings is 1. The number of nitrogens with two attached hydrogens (primary N) is 1. The summed E-state index contributed by atoms with van der Waals surface area (Å²) in [5.41, 5.74) is 3.64. The maximum atomic E-state index is 13.0. The molecule has 7 heteroatoms. The Morgan fingerprint density at radius 2 is 1.86 bits per heavy atom. The zero-order chi connectivity index (χ0) is 15.7. The van der Waals surface area contributed by atoms with Gasteiger partial charge < -0.3 is 11.1 Å². The molecular formula is C14H16ClF3N2O. The molecule has 0 aromatic heterocycles. The van der Waals surface area contributed by atoms with Crippen molar-refractivity contribution in [3.63, 3.8) is 0 Å². The summed E-state index contributed by atoms with van der Waals surface area (Å²) in [5.74, 6) is -0.574. The van der Waals surface area contributed by atoms with Crippen LogP contribution in [0.5, 0.6) is 0 Å². The molecule has 1 aromatic rings. The summed E-state index contributed by atoms with van der Waals surface area (Å²) < 4.78 is 38.9. The Kier molecular flexibility index (Phi) is 4.49. The van der Waals surface area contributed by atoms with Crippen LogP contribution in [0.15, 0.2) is 18.2 Å². The monoisotopic (exact) mass is 320 g/mol. The van der Waals surface area contributed by atoms with Crippen molar-refractivity contribution in [2.45, 2.75) is 43.8 Å². The van der Waals surface area contributed by atoms with E-state index in [0.717, 1.165) is 31.4 Å². The van der Waals surface area contributed by atoms with E-state index < -0.39 is 23.2 Å². The Bertz CT molecular complexity index is 540. The second kappa shape index (κ2) is 5.85. The highest BCUT2D eigenvalue weighted by Crippen LogP contribution is 2.37. The lowest BCUT2D eigenvalue weighted by molar-refractivity contribution is -0.137. The van der Waals surface area contributed by atoms with Crippen LogP contribution in [0.4, 0.5) is 18.9 Å². The number of hydrogen-bond donors (Lipinski definition) is 2. The van der Waals surface area contributed by atoms with Crippen molar-refractivity contribution < 1.29 is 18.0 Å². The van der Waals surface area contributed by atoms with Gasteiger partial charge in [-0.1, -0.05) is 30.9 Å². The van der Waals surface area contributed by atoms with Crippen molar-refractivity contribution >= 4 is 23.2 Å². The SMILES string of the molecule is NC1(C(=O)Nc2ccc(Cl)cc2C(F)(F)F)CCCCC1. The van der Waals surface area contributed by atoms with E-state index in [4.69, 9.17) is 17.3 Å². The lowest BCUT2D eigenvalue weighted by Gasteiger charge is -2.32. The fraction of sp³-hybridized carbons (Fsp3) is 0.500. The molecule has 0 bridgehead atoms. The highest BCUT2D eigenvalue weighted by molar-refractivity contribution is 6.30. The average Bonchev–Trinajstić information content (AvgIpc) is 2.40. The molecule has 21 heavy (non-hydrogen) atoms. The van der Waals surface area contributed by atoms with Crippen molar-refractivity contribution in [2.24, 2.45) is 5.73 Å². The van der Waals surface area contributed by atoms with Crippen LogP contribution in [0, 0.1) is 0 Å². The molecule has 0 radical (unpaired) electrons. The molecule has 1 aliphatic rings. The molecule has 3 N–H and O–H groups in total. The minimum Gasteiger partial charge on any atom is -0.324 e. The van der Waals surface area contributed by atoms with E-state index >= 15 is 0 Å². The van der Waals surface area contributed by atoms with Crippen LogP contribution >= 0.6 is 11.6 Å². The number of halogens is 4. The lowest BCUT2D eigenvalue weighted by Crippen LogP contribution is -2.52. The zero-order valence-corrected chi connectivity index (χ0v) is 12.0. The lowest BCUT2D eigenvalue weighted by atomic mass is 9.82. The van der Waals surface area contributed by atoms with E-state index in [2.05, 4.69) is 5.32 Å². The van der Waals surface area contributed by atoms with Gasteiger partial charge in [0.25, 0.3) is 0 Å². The smallest absolute Gasteiger partial charge is 0.324 e. The molecule has 2 rings (SSSR count). The molecule has 3 nitrogen and oxygen atoms in total. The van der Waals surface area contributed by atoms with Crippen LogP contribution in [0.2, 0.25) is 5.02 Å². The summed E-state index contributed by atoms with van der Waals surface area (Å²) >= 11 is 5.60. The number of carbonyl (C=O) groups excluding carboxylic acids is 1. The van der Waals surface area contributed by atoms with Gasteiger partial charge in [0.1, 0.15) is 0 Å². The molecule has 0 spiro atoms. The first-order chi connectivity index (χ1) is 9.72. The van der Waals surface area contributed by atoms with E-state index in [0.29, 0.717) is 12.8 Å². The van der Waals surface area contributed by atoms with E-state index in [-0.39, 0.29) is 10.7 Å². The first-order valence-corrected chi connectivity index (χ1v) is 7.07. The second-order valence-corrected chi connectivity index (χ2v) is 5.80. The number of carbonyl (C=O) groups is 1. The number of hydrogen-bond acceptors (Lipinski definition) is 2. The van der Waals surface area contributed by atoms with Crippen molar-refractivity contribution in [1.29, 1.82) is 0 Å². The quantitative estimate of drug-likeness (QED) is 0.866. The van der Waals surface area contributed by atoms with Gasteiger partial charge in [-0.15, -0.1) is 0 Å². The molecule has 1 aliphatic carbocycles. The van der Waals surface area contributed by atoms with Gasteiger partial charge in [0.05, 0.1) is 16.8 Å². The fourth-order valence-corrected chi connectivity index (χ4v) is 2.69. The molecule has 116 valence electrons. The summed E-state index contributed by atoms with van der Waals surface area (Å²) in [5, 5.41) is 2.27. The third-order valence-electron chi connectivity index (χ3n) is 3.73. The van der Waals surface area contributed by atoms with Crippen LogP contribution in [-0.2, 0) is 11.0 Å². The van der Waals surface area contributed by atoms with E-state index in [9.17, 15) is 18.0 Å². The molecule has 0 atom stereocenters. The summed E-state index contributed by atoms with van der Waals surface area (Å²) in [6.45, 7) is 0. The minimum atomic E-state index is -4.60. The first-order valence-electron chi connectivity index (χ1n) is 6.69. The van der Waals surface area contributed by atoms with Gasteiger partial charge in [0.15, 0.2) is 0 Å². The van der Waals surface area contributed by atoms with Gasteiger partial charge in [-0.25, -0.2) is 0 Å². The van der Waals surface area contributed by atoms with Crippen molar-refractivity contribution in [3.05, 3.63) is 28.8 Å². The van der Waals surface area contributed by atoms with Gasteiger partial charge in [-0.2, -0.15) is 13.2 Å². The predicted molar refractivity (Wildman–Crippen MR) is 75.1 cm³/mol. The third kappa shape index (κ3) is 3.68. The molecule has 0 heterocycles. The van der Waals surface area contributed by atoms with E-state index in [1.54, 1.807) is 0 Å². The molecular weight excluding hydrogens is 305 g/mol. The third-order valence-corrected chi connectivity index (χ3v) is 3.97. The van der Waals surface area contributed by atoms with E-state index in [1.807, 2.05) is 0 Å². The van der Waals surface area contributed by atoms with Gasteiger partial charge >= 0.3 is 6.18 Å². The van der Waals surface area contributed by atoms with Crippen LogP contribution in [-0.4, -0.2) is 11.4 Å². The van der Waals surface area contributed by atoms with Crippen LogP contribution < -0.4 is 11.1 Å². The average molecular weight is 321 g/mol. The van der Waals surface area contributed by atoms with E-state index in [1.165, 1.54) is 6.07 Å². The molecule has 0 unspecified atom stereocenters. The summed E-state index contributed by atoms with van der Waals surface area (Å²) in [4.78, 5) is 12.2. The topological polar surface area (TPSA) is 55.1 Å². The number of anilines is 1. The van der Waals surface area contributed by atoms with Gasteiger partial charge in [0.2, 0.25) is 5.91 Å². The second-order valence-electron chi connectivity index (χ2n) is 5.36. The molecule has 1 saturated carbocycles. The minimum absolute atomic E-state index is 0.0412. The maximum Gasteiger partial charge on any atom is 0.418 e. The largest absolute Gasteiger partial charge is 0.418 e. The molecule has 1 aromatic carbocycles. The normalized spacial score (nSPS) is 18.3. The van der Waals surface area contributed by atoms with Crippen LogP contribution in [0.3, 0.4) is 0 Å². The Labute approximate surface area is 125 Å². The highest BCUT2D eigenvalue weighted by Gasteiger charge is 2.38. The fourth-order valence-electron chi connectivity index (χ4n) is 2.52. The Hall–Kier alpha value is -1.27.